The van der Waals surface area contributed by atoms with Gasteiger partial charge in [0.05, 0.1) is 11.3 Å². The third-order valence-corrected chi connectivity index (χ3v) is 5.39. The van der Waals surface area contributed by atoms with Gasteiger partial charge in [0.2, 0.25) is 0 Å². The Bertz CT molecular complexity index is 985. The molecule has 3 nitrogen and oxygen atoms in total. The number of halogens is 4. The van der Waals surface area contributed by atoms with Gasteiger partial charge in [0.25, 0.3) is 5.91 Å². The van der Waals surface area contributed by atoms with Crippen molar-refractivity contribution in [2.24, 2.45) is 0 Å². The molecule has 0 aliphatic heterocycles. The molecule has 0 aliphatic rings. The zero-order valence-corrected chi connectivity index (χ0v) is 16.5. The maximum absolute atomic E-state index is 12.9. The van der Waals surface area contributed by atoms with E-state index in [1.165, 1.54) is 17.4 Å². The molecule has 0 aliphatic carbocycles. The van der Waals surface area contributed by atoms with E-state index in [2.05, 4.69) is 26.2 Å². The minimum atomic E-state index is -4.37. The van der Waals surface area contributed by atoms with Crippen LogP contribution in [-0.4, -0.2) is 10.9 Å². The summed E-state index contributed by atoms with van der Waals surface area (Å²) in [5, 5.41) is 3.15. The first-order chi connectivity index (χ1) is 12.7. The van der Waals surface area contributed by atoms with E-state index in [0.717, 1.165) is 21.5 Å². The first-order valence-electron chi connectivity index (χ1n) is 7.92. The average molecular weight is 455 g/mol. The predicted octanol–water partition coefficient (Wildman–Crippen LogP) is 6.08. The fraction of sp³-hybridized carbons (Fsp3) is 0.158. The summed E-state index contributed by atoms with van der Waals surface area (Å²) in [6.07, 6.45) is -4.05. The Morgan fingerprint density at radius 3 is 2.63 bits per heavy atom. The van der Waals surface area contributed by atoms with Crippen LogP contribution in [0.3, 0.4) is 0 Å². The maximum atomic E-state index is 12.9. The largest absolute Gasteiger partial charge is 0.416 e. The van der Waals surface area contributed by atoms with Crippen LogP contribution in [-0.2, 0) is 12.6 Å². The summed E-state index contributed by atoms with van der Waals surface area (Å²) in [6.45, 7) is 1.77. The van der Waals surface area contributed by atoms with E-state index in [1.807, 2.05) is 6.07 Å². The molecular formula is C19H14BrF3N2OS. The molecule has 2 aromatic carbocycles. The Balaban J connectivity index is 1.76. The number of hydrogen-bond donors (Lipinski definition) is 1. The summed E-state index contributed by atoms with van der Waals surface area (Å²) in [5.41, 5.74) is 1.03. The number of aromatic nitrogens is 1. The van der Waals surface area contributed by atoms with E-state index >= 15 is 0 Å². The second kappa shape index (κ2) is 7.82. The summed E-state index contributed by atoms with van der Waals surface area (Å²) in [4.78, 5) is 17.4. The Morgan fingerprint density at radius 1 is 1.19 bits per heavy atom. The molecule has 3 aromatic rings. The van der Waals surface area contributed by atoms with Crippen LogP contribution in [0.25, 0.3) is 0 Å². The van der Waals surface area contributed by atoms with Gasteiger partial charge in [-0.2, -0.15) is 13.2 Å². The number of carbonyl (C=O) groups is 1. The predicted molar refractivity (Wildman–Crippen MR) is 103 cm³/mol. The number of hydrogen-bond acceptors (Lipinski definition) is 3. The number of amides is 1. The van der Waals surface area contributed by atoms with E-state index in [-0.39, 0.29) is 5.91 Å². The van der Waals surface area contributed by atoms with Gasteiger partial charge in [0.15, 0.2) is 5.13 Å². The average Bonchev–Trinajstić information content (AvgIpc) is 2.93. The molecule has 0 unspecified atom stereocenters. The molecule has 27 heavy (non-hydrogen) atoms. The van der Waals surface area contributed by atoms with E-state index < -0.39 is 11.7 Å². The second-order valence-corrected chi connectivity index (χ2v) is 7.87. The topological polar surface area (TPSA) is 42.0 Å². The first kappa shape index (κ1) is 19.6. The van der Waals surface area contributed by atoms with Crippen LogP contribution < -0.4 is 5.32 Å². The highest BCUT2D eigenvalue weighted by atomic mass is 79.9. The molecule has 0 atom stereocenters. The molecule has 0 fully saturated rings. The normalized spacial score (nSPS) is 11.4. The summed E-state index contributed by atoms with van der Waals surface area (Å²) in [7, 11) is 0. The minimum Gasteiger partial charge on any atom is -0.298 e. The number of benzene rings is 2. The Kier molecular flexibility index (Phi) is 5.67. The third-order valence-electron chi connectivity index (χ3n) is 3.82. The van der Waals surface area contributed by atoms with Gasteiger partial charge >= 0.3 is 6.18 Å². The van der Waals surface area contributed by atoms with Gasteiger partial charge in [-0.1, -0.05) is 40.2 Å². The Hall–Kier alpha value is -2.19. The maximum Gasteiger partial charge on any atom is 0.416 e. The molecule has 0 radical (unpaired) electrons. The minimum absolute atomic E-state index is 0.296. The lowest BCUT2D eigenvalue weighted by molar-refractivity contribution is -0.137. The molecule has 3 rings (SSSR count). The zero-order valence-electron chi connectivity index (χ0n) is 14.1. The van der Waals surface area contributed by atoms with Crippen molar-refractivity contribution in [1.29, 1.82) is 0 Å². The fourth-order valence-electron chi connectivity index (χ4n) is 2.49. The van der Waals surface area contributed by atoms with Gasteiger partial charge in [-0.05, 0) is 36.8 Å². The second-order valence-electron chi connectivity index (χ2n) is 5.87. The van der Waals surface area contributed by atoms with Crippen molar-refractivity contribution in [3.05, 3.63) is 80.3 Å². The van der Waals surface area contributed by atoms with E-state index in [9.17, 15) is 18.0 Å². The number of alkyl halides is 3. The van der Waals surface area contributed by atoms with Gasteiger partial charge in [-0.25, -0.2) is 4.98 Å². The lowest BCUT2D eigenvalue weighted by Crippen LogP contribution is -2.11. The quantitative estimate of drug-likeness (QED) is 0.519. The van der Waals surface area contributed by atoms with Crippen molar-refractivity contribution < 1.29 is 18.0 Å². The van der Waals surface area contributed by atoms with Crippen LogP contribution in [0.2, 0.25) is 0 Å². The number of carbonyl (C=O) groups excluding carboxylic acids is 1. The fourth-order valence-corrected chi connectivity index (χ4v) is 3.88. The number of nitrogens with one attached hydrogen (secondary N) is 1. The van der Waals surface area contributed by atoms with Gasteiger partial charge in [0.1, 0.15) is 0 Å². The van der Waals surface area contributed by atoms with Crippen molar-refractivity contribution in [2.75, 3.05) is 5.32 Å². The van der Waals surface area contributed by atoms with E-state index in [1.54, 1.807) is 31.2 Å². The SMILES string of the molecule is Cc1nc(NC(=O)c2cccc(Br)c2)sc1Cc1cccc(C(F)(F)F)c1. The summed E-state index contributed by atoms with van der Waals surface area (Å²) in [5.74, 6) is -0.296. The highest BCUT2D eigenvalue weighted by Crippen LogP contribution is 2.31. The van der Waals surface area contributed by atoms with Gasteiger partial charge in [-0.15, -0.1) is 11.3 Å². The molecule has 0 bridgehead atoms. The molecule has 1 amide bonds. The first-order valence-corrected chi connectivity index (χ1v) is 9.52. The molecule has 0 saturated heterocycles. The molecule has 1 heterocycles. The third kappa shape index (κ3) is 4.95. The van der Waals surface area contributed by atoms with E-state index in [4.69, 9.17) is 0 Å². The van der Waals surface area contributed by atoms with Crippen LogP contribution >= 0.6 is 27.3 Å². The molecule has 1 aromatic heterocycles. The molecule has 8 heteroatoms. The number of rotatable bonds is 4. The van der Waals surface area contributed by atoms with Crippen LogP contribution in [0.15, 0.2) is 53.0 Å². The summed E-state index contributed by atoms with van der Waals surface area (Å²) in [6, 6.07) is 12.2. The van der Waals surface area contributed by atoms with Gasteiger partial charge < -0.3 is 0 Å². The standard InChI is InChI=1S/C19H14BrF3N2OS/c1-11-16(9-12-4-2-6-14(8-12)19(21,22)23)27-18(24-11)25-17(26)13-5-3-7-15(20)10-13/h2-8,10H,9H2,1H3,(H,24,25,26). The Morgan fingerprint density at radius 2 is 1.93 bits per heavy atom. The monoisotopic (exact) mass is 454 g/mol. The van der Waals surface area contributed by atoms with E-state index in [0.29, 0.717) is 28.4 Å². The lowest BCUT2D eigenvalue weighted by Gasteiger charge is -2.08. The molecule has 0 saturated carbocycles. The van der Waals surface area contributed by atoms with Gasteiger partial charge in [0, 0.05) is 21.3 Å². The Labute approximate surface area is 166 Å². The van der Waals surface area contributed by atoms with Crippen LogP contribution in [0.1, 0.15) is 32.1 Å². The molecular weight excluding hydrogens is 441 g/mol. The van der Waals surface area contributed by atoms with Crippen LogP contribution in [0.5, 0.6) is 0 Å². The van der Waals surface area contributed by atoms with Crippen molar-refractivity contribution in [2.45, 2.75) is 19.5 Å². The van der Waals surface area contributed by atoms with Gasteiger partial charge in [-0.3, -0.25) is 10.1 Å². The number of anilines is 1. The van der Waals surface area contributed by atoms with Crippen LogP contribution in [0, 0.1) is 6.92 Å². The number of thiazole rings is 1. The smallest absolute Gasteiger partial charge is 0.298 e. The van der Waals surface area contributed by atoms with Crippen molar-refractivity contribution >= 4 is 38.3 Å². The molecule has 140 valence electrons. The number of aryl methyl sites for hydroxylation is 1. The summed E-state index contributed by atoms with van der Waals surface area (Å²) >= 11 is 4.57. The highest BCUT2D eigenvalue weighted by molar-refractivity contribution is 9.10. The summed E-state index contributed by atoms with van der Waals surface area (Å²) < 4.78 is 39.4. The zero-order chi connectivity index (χ0) is 19.6. The van der Waals surface area contributed by atoms with Crippen molar-refractivity contribution in [3.8, 4) is 0 Å². The number of nitrogens with zero attached hydrogens (tertiary/aromatic N) is 1. The van der Waals surface area contributed by atoms with Crippen molar-refractivity contribution in [3.63, 3.8) is 0 Å². The van der Waals surface area contributed by atoms with Crippen molar-refractivity contribution in [1.82, 2.24) is 4.98 Å². The van der Waals surface area contributed by atoms with Crippen LogP contribution in [0.4, 0.5) is 18.3 Å². The molecule has 1 N–H and O–H groups in total. The highest BCUT2D eigenvalue weighted by Gasteiger charge is 2.30. The lowest BCUT2D eigenvalue weighted by atomic mass is 10.1. The molecule has 0 spiro atoms.